The van der Waals surface area contributed by atoms with Crippen LogP contribution in [0.4, 0.5) is 0 Å². The molecule has 2 amide bonds. The van der Waals surface area contributed by atoms with Crippen molar-refractivity contribution in [3.05, 3.63) is 68.7 Å². The normalized spacial score (nSPS) is 11.8. The summed E-state index contributed by atoms with van der Waals surface area (Å²) in [5.41, 5.74) is 1.90. The highest BCUT2D eigenvalue weighted by Crippen LogP contribution is 2.24. The first kappa shape index (κ1) is 25.9. The summed E-state index contributed by atoms with van der Waals surface area (Å²) in [7, 11) is 0. The van der Waals surface area contributed by atoms with E-state index in [9.17, 15) is 9.59 Å². The molecule has 2 aromatic rings. The van der Waals surface area contributed by atoms with Gasteiger partial charge >= 0.3 is 0 Å². The van der Waals surface area contributed by atoms with Crippen LogP contribution in [0.15, 0.2) is 42.5 Å². The van der Waals surface area contributed by atoms with Crippen LogP contribution < -0.4 is 5.32 Å². The molecule has 1 unspecified atom stereocenters. The topological polar surface area (TPSA) is 49.4 Å². The Morgan fingerprint density at radius 2 is 1.71 bits per heavy atom. The number of hydrogen-bond donors (Lipinski definition) is 1. The van der Waals surface area contributed by atoms with Crippen molar-refractivity contribution in [3.8, 4) is 0 Å². The van der Waals surface area contributed by atoms with Crippen molar-refractivity contribution in [3.63, 3.8) is 0 Å². The van der Waals surface area contributed by atoms with Gasteiger partial charge < -0.3 is 10.2 Å². The van der Waals surface area contributed by atoms with Crippen molar-refractivity contribution < 1.29 is 9.59 Å². The summed E-state index contributed by atoms with van der Waals surface area (Å²) >= 11 is 19.6. The fourth-order valence-electron chi connectivity index (χ4n) is 2.87. The molecule has 0 bridgehead atoms. The Kier molecular flexibility index (Phi) is 11.0. The van der Waals surface area contributed by atoms with Crippen LogP contribution in [0, 0.1) is 0 Å². The molecule has 0 aliphatic carbocycles. The molecule has 0 saturated heterocycles. The minimum atomic E-state index is -0.602. The summed E-state index contributed by atoms with van der Waals surface area (Å²) in [6.07, 6.45) is 1.89. The Labute approximate surface area is 203 Å². The predicted molar refractivity (Wildman–Crippen MR) is 132 cm³/mol. The van der Waals surface area contributed by atoms with Gasteiger partial charge in [-0.05, 0) is 48.7 Å². The number of carbonyl (C=O) groups is 2. The van der Waals surface area contributed by atoms with Gasteiger partial charge in [0, 0.05) is 23.9 Å². The fraction of sp³-hybridized carbons (Fsp3) is 0.391. The summed E-state index contributed by atoms with van der Waals surface area (Å²) in [6, 6.07) is 12.2. The lowest BCUT2D eigenvalue weighted by atomic mass is 10.1. The molecule has 0 spiro atoms. The summed E-state index contributed by atoms with van der Waals surface area (Å²) < 4.78 is 0. The molecule has 168 valence electrons. The van der Waals surface area contributed by atoms with Crippen LogP contribution in [0.1, 0.15) is 37.8 Å². The first-order valence-corrected chi connectivity index (χ1v) is 12.4. The summed E-state index contributed by atoms with van der Waals surface area (Å²) in [5, 5.41) is 4.47. The Morgan fingerprint density at radius 3 is 2.35 bits per heavy atom. The summed E-state index contributed by atoms with van der Waals surface area (Å²) in [4.78, 5) is 27.3. The number of unbranched alkanes of at least 4 members (excludes halogenated alkanes) is 1. The number of amides is 2. The zero-order chi connectivity index (χ0) is 22.8. The van der Waals surface area contributed by atoms with Crippen LogP contribution in [0.5, 0.6) is 0 Å². The molecule has 0 saturated carbocycles. The maximum Gasteiger partial charge on any atom is 0.242 e. The lowest BCUT2D eigenvalue weighted by Gasteiger charge is -2.29. The molecule has 2 aromatic carbocycles. The molecule has 0 fully saturated rings. The fourth-order valence-corrected chi connectivity index (χ4v) is 4.19. The van der Waals surface area contributed by atoms with E-state index in [1.165, 1.54) is 11.8 Å². The van der Waals surface area contributed by atoms with E-state index in [-0.39, 0.29) is 24.1 Å². The van der Waals surface area contributed by atoms with Gasteiger partial charge in [0.05, 0.1) is 15.8 Å². The third-order valence-corrected chi connectivity index (χ3v) is 6.72. The van der Waals surface area contributed by atoms with Gasteiger partial charge in [-0.2, -0.15) is 0 Å². The Morgan fingerprint density at radius 1 is 1.03 bits per heavy atom. The molecule has 4 nitrogen and oxygen atoms in total. The predicted octanol–water partition coefficient (Wildman–Crippen LogP) is 6.21. The number of thioether (sulfide) groups is 1. The SMILES string of the molecule is CCCCNC(=O)C(C)N(Cc1ccc(Cl)c(Cl)c1)C(=O)CSCc1ccc(Cl)cc1. The molecular weight excluding hydrogens is 475 g/mol. The van der Waals surface area contributed by atoms with Gasteiger partial charge in [0.2, 0.25) is 11.8 Å². The second-order valence-electron chi connectivity index (χ2n) is 7.21. The van der Waals surface area contributed by atoms with Gasteiger partial charge in [-0.25, -0.2) is 0 Å². The first-order chi connectivity index (χ1) is 14.8. The van der Waals surface area contributed by atoms with Crippen LogP contribution in [0.25, 0.3) is 0 Å². The summed E-state index contributed by atoms with van der Waals surface area (Å²) in [6.45, 7) is 4.69. The van der Waals surface area contributed by atoms with Gasteiger partial charge in [0.15, 0.2) is 0 Å². The highest BCUT2D eigenvalue weighted by Gasteiger charge is 2.26. The van der Waals surface area contributed by atoms with Crippen LogP contribution in [0.2, 0.25) is 15.1 Å². The Bertz CT molecular complexity index is 878. The van der Waals surface area contributed by atoms with E-state index in [1.807, 2.05) is 30.3 Å². The number of hydrogen-bond acceptors (Lipinski definition) is 3. The molecule has 1 N–H and O–H groups in total. The van der Waals surface area contributed by atoms with E-state index in [2.05, 4.69) is 12.2 Å². The van der Waals surface area contributed by atoms with Crippen molar-refractivity contribution in [2.24, 2.45) is 0 Å². The zero-order valence-electron chi connectivity index (χ0n) is 17.7. The molecule has 2 rings (SSSR count). The third-order valence-electron chi connectivity index (χ3n) is 4.74. The van der Waals surface area contributed by atoms with Gasteiger partial charge in [0.25, 0.3) is 0 Å². The van der Waals surface area contributed by atoms with Crippen LogP contribution in [0.3, 0.4) is 0 Å². The molecule has 8 heteroatoms. The monoisotopic (exact) mass is 500 g/mol. The van der Waals surface area contributed by atoms with Crippen LogP contribution in [-0.2, 0) is 21.9 Å². The second-order valence-corrected chi connectivity index (χ2v) is 9.45. The van der Waals surface area contributed by atoms with Gasteiger partial charge in [-0.1, -0.05) is 66.3 Å². The average Bonchev–Trinajstić information content (AvgIpc) is 2.75. The van der Waals surface area contributed by atoms with Crippen molar-refractivity contribution in [1.29, 1.82) is 0 Å². The minimum Gasteiger partial charge on any atom is -0.354 e. The van der Waals surface area contributed by atoms with Crippen molar-refractivity contribution >= 4 is 58.4 Å². The van der Waals surface area contributed by atoms with E-state index in [0.717, 1.165) is 24.0 Å². The third kappa shape index (κ3) is 8.57. The molecule has 0 heterocycles. The average molecular weight is 502 g/mol. The largest absolute Gasteiger partial charge is 0.354 e. The number of nitrogens with one attached hydrogen (secondary N) is 1. The summed E-state index contributed by atoms with van der Waals surface area (Å²) in [5.74, 6) is 0.671. The highest BCUT2D eigenvalue weighted by atomic mass is 35.5. The highest BCUT2D eigenvalue weighted by molar-refractivity contribution is 7.99. The van der Waals surface area contributed by atoms with Gasteiger partial charge in [0.1, 0.15) is 6.04 Å². The molecule has 1 atom stereocenters. The number of halogens is 3. The van der Waals surface area contributed by atoms with Crippen molar-refractivity contribution in [2.45, 2.75) is 45.0 Å². The molecule has 0 aliphatic heterocycles. The van der Waals surface area contributed by atoms with E-state index in [1.54, 1.807) is 24.0 Å². The zero-order valence-corrected chi connectivity index (χ0v) is 20.8. The minimum absolute atomic E-state index is 0.108. The number of rotatable bonds is 11. The van der Waals surface area contributed by atoms with Crippen molar-refractivity contribution in [1.82, 2.24) is 10.2 Å². The molecule has 31 heavy (non-hydrogen) atoms. The molecule has 0 radical (unpaired) electrons. The maximum absolute atomic E-state index is 13.1. The number of carbonyl (C=O) groups excluding carboxylic acids is 2. The van der Waals surface area contributed by atoms with Crippen LogP contribution in [-0.4, -0.2) is 35.1 Å². The van der Waals surface area contributed by atoms with E-state index >= 15 is 0 Å². The lowest BCUT2D eigenvalue weighted by Crippen LogP contribution is -2.48. The molecule has 0 aliphatic rings. The first-order valence-electron chi connectivity index (χ1n) is 10.1. The van der Waals surface area contributed by atoms with E-state index in [4.69, 9.17) is 34.8 Å². The number of benzene rings is 2. The smallest absolute Gasteiger partial charge is 0.242 e. The molecular formula is C23H27Cl3N2O2S. The second kappa shape index (κ2) is 13.2. The maximum atomic E-state index is 13.1. The number of nitrogens with zero attached hydrogens (tertiary/aromatic N) is 1. The lowest BCUT2D eigenvalue weighted by molar-refractivity contribution is -0.138. The Balaban J connectivity index is 2.06. The van der Waals surface area contributed by atoms with E-state index < -0.39 is 6.04 Å². The van der Waals surface area contributed by atoms with Gasteiger partial charge in [-0.15, -0.1) is 11.8 Å². The molecule has 0 aromatic heterocycles. The van der Waals surface area contributed by atoms with Gasteiger partial charge in [-0.3, -0.25) is 9.59 Å². The van der Waals surface area contributed by atoms with Crippen LogP contribution >= 0.6 is 46.6 Å². The standard InChI is InChI=1S/C23H27Cl3N2O2S/c1-3-4-11-27-23(30)16(2)28(13-18-7-10-20(25)21(26)12-18)22(29)15-31-14-17-5-8-19(24)9-6-17/h5-10,12,16H,3-4,11,13-15H2,1-2H3,(H,27,30). The quantitative estimate of drug-likeness (QED) is 0.372. The van der Waals surface area contributed by atoms with E-state index in [0.29, 0.717) is 27.4 Å². The van der Waals surface area contributed by atoms with Crippen molar-refractivity contribution in [2.75, 3.05) is 12.3 Å². The Hall–Kier alpha value is -1.40.